The third kappa shape index (κ3) is 3.92. The van der Waals surface area contributed by atoms with Gasteiger partial charge in [0.05, 0.1) is 11.7 Å². The summed E-state index contributed by atoms with van der Waals surface area (Å²) in [5.41, 5.74) is 4.94. The first-order valence-corrected chi connectivity index (χ1v) is 9.98. The fraction of sp³-hybridized carbons (Fsp3) is 0.545. The number of Topliss-reactive ketones (excluding diaryl/α,β-unsaturated/α-hetero) is 1. The zero-order valence-electron chi connectivity index (χ0n) is 17.5. The fourth-order valence-corrected chi connectivity index (χ4v) is 4.14. The molecular formula is C22H30N2O4. The molecule has 3 heterocycles. The van der Waals surface area contributed by atoms with Crippen LogP contribution < -0.4 is 0 Å². The molecule has 152 valence electrons. The number of carbonyl (C=O) groups excluding carboxylic acids is 2. The van der Waals surface area contributed by atoms with Crippen molar-refractivity contribution in [2.45, 2.75) is 66.7 Å². The average Bonchev–Trinajstić information content (AvgIpc) is 3.35. The normalized spacial score (nSPS) is 16.5. The van der Waals surface area contributed by atoms with Crippen LogP contribution in [0.3, 0.4) is 0 Å². The second-order valence-electron chi connectivity index (χ2n) is 7.56. The molecule has 6 heteroatoms. The lowest BCUT2D eigenvalue weighted by Crippen LogP contribution is -2.18. The minimum atomic E-state index is -0.450. The number of hydrogen-bond acceptors (Lipinski definition) is 4. The van der Waals surface area contributed by atoms with Gasteiger partial charge in [0.25, 0.3) is 0 Å². The van der Waals surface area contributed by atoms with Gasteiger partial charge in [-0.05, 0) is 59.6 Å². The molecule has 28 heavy (non-hydrogen) atoms. The molecule has 0 saturated carbocycles. The Morgan fingerprint density at radius 3 is 2.32 bits per heavy atom. The molecule has 2 aromatic heterocycles. The van der Waals surface area contributed by atoms with E-state index >= 15 is 0 Å². The van der Waals surface area contributed by atoms with E-state index in [2.05, 4.69) is 9.13 Å². The van der Waals surface area contributed by atoms with Gasteiger partial charge >= 0.3 is 5.97 Å². The van der Waals surface area contributed by atoms with Crippen LogP contribution in [-0.2, 0) is 22.6 Å². The minimum absolute atomic E-state index is 0.177. The number of ketones is 1. The summed E-state index contributed by atoms with van der Waals surface area (Å²) in [6.07, 6.45) is 2.35. The van der Waals surface area contributed by atoms with Gasteiger partial charge < -0.3 is 18.6 Å². The van der Waals surface area contributed by atoms with Crippen molar-refractivity contribution in [1.29, 1.82) is 0 Å². The van der Waals surface area contributed by atoms with Crippen LogP contribution >= 0.6 is 0 Å². The maximum atomic E-state index is 12.7. The summed E-state index contributed by atoms with van der Waals surface area (Å²) in [6, 6.07) is 3.70. The summed E-state index contributed by atoms with van der Waals surface area (Å²) < 4.78 is 15.2. The van der Waals surface area contributed by atoms with E-state index < -0.39 is 5.97 Å². The van der Waals surface area contributed by atoms with Crippen molar-refractivity contribution in [3.8, 4) is 0 Å². The van der Waals surface area contributed by atoms with Crippen LogP contribution in [0.5, 0.6) is 0 Å². The lowest BCUT2D eigenvalue weighted by molar-refractivity contribution is 0.0473. The molecule has 3 rings (SSSR count). The first-order chi connectivity index (χ1) is 13.3. The van der Waals surface area contributed by atoms with Gasteiger partial charge in [-0.1, -0.05) is 0 Å². The van der Waals surface area contributed by atoms with E-state index in [1.165, 1.54) is 0 Å². The highest BCUT2D eigenvalue weighted by Gasteiger charge is 2.22. The van der Waals surface area contributed by atoms with Crippen molar-refractivity contribution in [3.05, 3.63) is 46.0 Å². The van der Waals surface area contributed by atoms with Gasteiger partial charge in [0, 0.05) is 48.0 Å². The third-order valence-electron chi connectivity index (χ3n) is 5.73. The van der Waals surface area contributed by atoms with Crippen LogP contribution in [-0.4, -0.2) is 40.2 Å². The van der Waals surface area contributed by atoms with Gasteiger partial charge in [-0.15, -0.1) is 0 Å². The first kappa shape index (κ1) is 20.4. The van der Waals surface area contributed by atoms with Crippen molar-refractivity contribution in [3.63, 3.8) is 0 Å². The number of hydrogen-bond donors (Lipinski definition) is 0. The third-order valence-corrected chi connectivity index (χ3v) is 5.73. The van der Waals surface area contributed by atoms with Gasteiger partial charge in [-0.2, -0.15) is 0 Å². The largest absolute Gasteiger partial charge is 0.454 e. The van der Waals surface area contributed by atoms with Gasteiger partial charge in [0.1, 0.15) is 0 Å². The second-order valence-corrected chi connectivity index (χ2v) is 7.56. The van der Waals surface area contributed by atoms with Crippen molar-refractivity contribution in [1.82, 2.24) is 9.13 Å². The van der Waals surface area contributed by atoms with E-state index in [1.807, 2.05) is 46.8 Å². The summed E-state index contributed by atoms with van der Waals surface area (Å²) in [4.78, 5) is 25.2. The number of aromatic nitrogens is 2. The maximum absolute atomic E-state index is 12.7. The van der Waals surface area contributed by atoms with E-state index in [1.54, 1.807) is 0 Å². The van der Waals surface area contributed by atoms with Crippen LogP contribution in [0, 0.1) is 27.7 Å². The van der Waals surface area contributed by atoms with Crippen molar-refractivity contribution < 1.29 is 19.1 Å². The molecule has 0 N–H and O–H groups in total. The molecule has 0 amide bonds. The highest BCUT2D eigenvalue weighted by atomic mass is 16.5. The van der Waals surface area contributed by atoms with Crippen molar-refractivity contribution >= 4 is 11.8 Å². The number of aryl methyl sites for hydroxylation is 2. The Morgan fingerprint density at radius 1 is 1.07 bits per heavy atom. The number of esters is 1. The Bertz CT molecular complexity index is 885. The summed E-state index contributed by atoms with van der Waals surface area (Å²) >= 11 is 0. The number of ether oxygens (including phenoxy) is 2. The second kappa shape index (κ2) is 8.35. The van der Waals surface area contributed by atoms with Crippen molar-refractivity contribution in [2.75, 3.05) is 13.2 Å². The molecule has 1 fully saturated rings. The SMILES string of the molecule is CCn1c(C)cc(C(=O)OCC(=O)c2cc(C)n(C[C@@H]3CCCO3)c2C)c1C. The zero-order chi connectivity index (χ0) is 20.4. The van der Waals surface area contributed by atoms with Crippen LogP contribution in [0.1, 0.15) is 63.3 Å². The molecule has 2 aromatic rings. The summed E-state index contributed by atoms with van der Waals surface area (Å²) in [7, 11) is 0. The highest BCUT2D eigenvalue weighted by molar-refractivity contribution is 6.00. The average molecular weight is 386 g/mol. The smallest absolute Gasteiger partial charge is 0.340 e. The Morgan fingerprint density at radius 2 is 1.71 bits per heavy atom. The monoisotopic (exact) mass is 386 g/mol. The summed E-state index contributed by atoms with van der Waals surface area (Å²) in [6.45, 7) is 11.9. The van der Waals surface area contributed by atoms with Crippen LogP contribution in [0.25, 0.3) is 0 Å². The molecule has 1 aliphatic heterocycles. The lowest BCUT2D eigenvalue weighted by Gasteiger charge is -2.14. The predicted molar refractivity (Wildman–Crippen MR) is 107 cm³/mol. The van der Waals surface area contributed by atoms with E-state index in [-0.39, 0.29) is 18.5 Å². The van der Waals surface area contributed by atoms with Gasteiger partial charge in [-0.25, -0.2) is 4.79 Å². The minimum Gasteiger partial charge on any atom is -0.454 e. The van der Waals surface area contributed by atoms with E-state index in [0.717, 1.165) is 55.3 Å². The van der Waals surface area contributed by atoms with Crippen LogP contribution in [0.15, 0.2) is 12.1 Å². The molecule has 0 unspecified atom stereocenters. The Kier molecular flexibility index (Phi) is 6.08. The van der Waals surface area contributed by atoms with Crippen molar-refractivity contribution in [2.24, 2.45) is 0 Å². The van der Waals surface area contributed by atoms with E-state index in [9.17, 15) is 9.59 Å². The summed E-state index contributed by atoms with van der Waals surface area (Å²) in [5, 5.41) is 0. The lowest BCUT2D eigenvalue weighted by atomic mass is 10.1. The van der Waals surface area contributed by atoms with Crippen LogP contribution in [0.4, 0.5) is 0 Å². The van der Waals surface area contributed by atoms with E-state index in [0.29, 0.717) is 11.1 Å². The topological polar surface area (TPSA) is 62.5 Å². The van der Waals surface area contributed by atoms with Gasteiger partial charge in [0.2, 0.25) is 5.78 Å². The van der Waals surface area contributed by atoms with Crippen LogP contribution in [0.2, 0.25) is 0 Å². The highest BCUT2D eigenvalue weighted by Crippen LogP contribution is 2.21. The molecule has 1 atom stereocenters. The Balaban J connectivity index is 1.67. The molecule has 0 aliphatic carbocycles. The molecule has 0 bridgehead atoms. The number of rotatable bonds is 7. The Labute approximate surface area is 166 Å². The van der Waals surface area contributed by atoms with E-state index in [4.69, 9.17) is 9.47 Å². The van der Waals surface area contributed by atoms with Gasteiger partial charge in [-0.3, -0.25) is 4.79 Å². The maximum Gasteiger partial charge on any atom is 0.340 e. The Hall–Kier alpha value is -2.34. The zero-order valence-corrected chi connectivity index (χ0v) is 17.5. The molecule has 6 nitrogen and oxygen atoms in total. The number of carbonyl (C=O) groups is 2. The standard InChI is InChI=1S/C22H30N2O4/c1-6-23-14(2)11-20(17(23)5)22(26)28-13-21(25)19-10-15(3)24(16(19)4)12-18-8-7-9-27-18/h10-11,18H,6-9,12-13H2,1-5H3/t18-/m0/s1. The quantitative estimate of drug-likeness (QED) is 0.537. The summed E-state index contributed by atoms with van der Waals surface area (Å²) in [5.74, 6) is -0.626. The molecule has 0 spiro atoms. The molecule has 1 saturated heterocycles. The molecular weight excluding hydrogens is 356 g/mol. The predicted octanol–water partition coefficient (Wildman–Crippen LogP) is 3.76. The first-order valence-electron chi connectivity index (χ1n) is 9.98. The van der Waals surface area contributed by atoms with Gasteiger partial charge in [0.15, 0.2) is 6.61 Å². The molecule has 1 aliphatic rings. The molecule has 0 radical (unpaired) electrons. The molecule has 0 aromatic carbocycles. The number of nitrogens with zero attached hydrogens (tertiary/aromatic N) is 2. The fourth-order valence-electron chi connectivity index (χ4n) is 4.14.